The minimum Gasteiger partial charge on any atom is -0.478 e. The molecule has 0 aliphatic carbocycles. The zero-order valence-corrected chi connectivity index (χ0v) is 8.42. The van der Waals surface area contributed by atoms with Crippen LogP contribution in [0.15, 0.2) is 42.7 Å². The van der Waals surface area contributed by atoms with Gasteiger partial charge >= 0.3 is 5.97 Å². The van der Waals surface area contributed by atoms with E-state index in [4.69, 9.17) is 5.11 Å². The van der Waals surface area contributed by atoms with Gasteiger partial charge in [0, 0.05) is 24.0 Å². The first-order valence-corrected chi connectivity index (χ1v) is 4.76. The van der Waals surface area contributed by atoms with E-state index in [0.717, 1.165) is 23.0 Å². The third-order valence-electron chi connectivity index (χ3n) is 2.10. The van der Waals surface area contributed by atoms with Crippen molar-refractivity contribution in [2.45, 2.75) is 0 Å². The monoisotopic (exact) mass is 214 g/mol. The maximum atomic E-state index is 10.3. The van der Waals surface area contributed by atoms with Gasteiger partial charge < -0.3 is 10.1 Å². The van der Waals surface area contributed by atoms with Crippen LogP contribution >= 0.6 is 0 Å². The SMILES string of the molecule is O=C(O)C=Cc1ccc(-c2ncc[nH]2)cc1. The van der Waals surface area contributed by atoms with Gasteiger partial charge in [-0.1, -0.05) is 24.3 Å². The number of imidazole rings is 1. The summed E-state index contributed by atoms with van der Waals surface area (Å²) in [5, 5.41) is 8.48. The van der Waals surface area contributed by atoms with Crippen molar-refractivity contribution in [3.05, 3.63) is 48.3 Å². The second-order valence-corrected chi connectivity index (χ2v) is 3.23. The lowest BCUT2D eigenvalue weighted by Crippen LogP contribution is -1.86. The van der Waals surface area contributed by atoms with Gasteiger partial charge in [-0.05, 0) is 11.6 Å². The van der Waals surface area contributed by atoms with Crippen LogP contribution in [-0.2, 0) is 4.79 Å². The number of carbonyl (C=O) groups is 1. The Morgan fingerprint density at radius 3 is 2.62 bits per heavy atom. The quantitative estimate of drug-likeness (QED) is 0.769. The minimum absolute atomic E-state index is 0.800. The number of carboxylic acids is 1. The third kappa shape index (κ3) is 2.36. The number of aliphatic carboxylic acids is 1. The zero-order chi connectivity index (χ0) is 11.4. The van der Waals surface area contributed by atoms with Gasteiger partial charge in [0.2, 0.25) is 0 Å². The summed E-state index contributed by atoms with van der Waals surface area (Å²) < 4.78 is 0. The summed E-state index contributed by atoms with van der Waals surface area (Å²) in [5.41, 5.74) is 1.81. The molecule has 0 aliphatic rings. The minimum atomic E-state index is -0.949. The molecule has 4 heteroatoms. The fourth-order valence-corrected chi connectivity index (χ4v) is 1.34. The molecule has 0 unspecified atom stereocenters. The molecule has 4 nitrogen and oxygen atoms in total. The topological polar surface area (TPSA) is 66.0 Å². The Morgan fingerprint density at radius 2 is 2.06 bits per heavy atom. The fourth-order valence-electron chi connectivity index (χ4n) is 1.34. The number of rotatable bonds is 3. The highest BCUT2D eigenvalue weighted by atomic mass is 16.4. The average molecular weight is 214 g/mol. The van der Waals surface area contributed by atoms with Crippen molar-refractivity contribution in [2.24, 2.45) is 0 Å². The van der Waals surface area contributed by atoms with Crippen LogP contribution in [0, 0.1) is 0 Å². The number of benzene rings is 1. The van der Waals surface area contributed by atoms with Gasteiger partial charge in [0.05, 0.1) is 0 Å². The Hall–Kier alpha value is -2.36. The largest absolute Gasteiger partial charge is 0.478 e. The molecule has 0 spiro atoms. The van der Waals surface area contributed by atoms with Crippen molar-refractivity contribution < 1.29 is 9.90 Å². The van der Waals surface area contributed by atoms with Crippen molar-refractivity contribution in [1.82, 2.24) is 9.97 Å². The van der Waals surface area contributed by atoms with Gasteiger partial charge in [-0.15, -0.1) is 0 Å². The van der Waals surface area contributed by atoms with Crippen molar-refractivity contribution in [3.8, 4) is 11.4 Å². The molecule has 16 heavy (non-hydrogen) atoms. The van der Waals surface area contributed by atoms with Gasteiger partial charge in [-0.25, -0.2) is 9.78 Å². The summed E-state index contributed by atoms with van der Waals surface area (Å²) >= 11 is 0. The molecule has 0 amide bonds. The average Bonchev–Trinajstić information content (AvgIpc) is 2.80. The summed E-state index contributed by atoms with van der Waals surface area (Å²) in [6, 6.07) is 7.47. The molecule has 0 bridgehead atoms. The molecule has 0 fully saturated rings. The molecule has 80 valence electrons. The third-order valence-corrected chi connectivity index (χ3v) is 2.10. The standard InChI is InChI=1S/C12H10N2O2/c15-11(16)6-3-9-1-4-10(5-2-9)12-13-7-8-14-12/h1-8H,(H,13,14)(H,15,16). The van der Waals surface area contributed by atoms with E-state index in [1.165, 1.54) is 0 Å². The van der Waals surface area contributed by atoms with Crippen LogP contribution in [0.4, 0.5) is 0 Å². The number of aromatic nitrogens is 2. The van der Waals surface area contributed by atoms with Gasteiger partial charge in [0.1, 0.15) is 5.82 Å². The number of nitrogens with zero attached hydrogens (tertiary/aromatic N) is 1. The molecule has 0 radical (unpaired) electrons. The molecule has 2 N–H and O–H groups in total. The predicted molar refractivity (Wildman–Crippen MR) is 60.7 cm³/mol. The van der Waals surface area contributed by atoms with Gasteiger partial charge in [0.15, 0.2) is 0 Å². The summed E-state index contributed by atoms with van der Waals surface area (Å²) in [6.45, 7) is 0. The van der Waals surface area contributed by atoms with E-state index in [9.17, 15) is 4.79 Å². The first kappa shape index (κ1) is 10.2. The molecule has 2 rings (SSSR count). The molecule has 1 aromatic carbocycles. The van der Waals surface area contributed by atoms with Crippen LogP contribution in [0.5, 0.6) is 0 Å². The van der Waals surface area contributed by atoms with E-state index in [2.05, 4.69) is 9.97 Å². The van der Waals surface area contributed by atoms with Crippen LogP contribution in [0.3, 0.4) is 0 Å². The number of hydrogen-bond acceptors (Lipinski definition) is 2. The Bertz CT molecular complexity index is 498. The van der Waals surface area contributed by atoms with E-state index in [1.54, 1.807) is 18.5 Å². The molecule has 1 heterocycles. The molecule has 0 saturated carbocycles. The lowest BCUT2D eigenvalue weighted by molar-refractivity contribution is -0.131. The molecular formula is C12H10N2O2. The van der Waals surface area contributed by atoms with Crippen LogP contribution < -0.4 is 0 Å². The number of nitrogens with one attached hydrogen (secondary N) is 1. The van der Waals surface area contributed by atoms with Crippen LogP contribution in [-0.4, -0.2) is 21.0 Å². The highest BCUT2D eigenvalue weighted by molar-refractivity contribution is 5.85. The van der Waals surface area contributed by atoms with Gasteiger partial charge in [0.25, 0.3) is 0 Å². The first-order chi connectivity index (χ1) is 7.75. The maximum absolute atomic E-state index is 10.3. The zero-order valence-electron chi connectivity index (χ0n) is 8.42. The summed E-state index contributed by atoms with van der Waals surface area (Å²) in [7, 11) is 0. The second-order valence-electron chi connectivity index (χ2n) is 3.23. The number of hydrogen-bond donors (Lipinski definition) is 2. The van der Waals surface area contributed by atoms with Gasteiger partial charge in [-0.2, -0.15) is 0 Å². The number of carboxylic acid groups (broad SMARTS) is 1. The smallest absolute Gasteiger partial charge is 0.328 e. The molecule has 1 aromatic heterocycles. The van der Waals surface area contributed by atoms with Gasteiger partial charge in [-0.3, -0.25) is 0 Å². The summed E-state index contributed by atoms with van der Waals surface area (Å²) in [6.07, 6.45) is 6.11. The lowest BCUT2D eigenvalue weighted by Gasteiger charge is -1.97. The number of H-pyrrole nitrogens is 1. The predicted octanol–water partition coefficient (Wildman–Crippen LogP) is 2.17. The van der Waals surface area contributed by atoms with Crippen LogP contribution in [0.2, 0.25) is 0 Å². The summed E-state index contributed by atoms with van der Waals surface area (Å²) in [4.78, 5) is 17.4. The Labute approximate surface area is 92.3 Å². The van der Waals surface area contributed by atoms with E-state index in [-0.39, 0.29) is 0 Å². The highest BCUT2D eigenvalue weighted by Gasteiger charge is 1.98. The summed E-state index contributed by atoms with van der Waals surface area (Å²) in [5.74, 6) is -0.149. The van der Waals surface area contributed by atoms with Crippen molar-refractivity contribution >= 4 is 12.0 Å². The first-order valence-electron chi connectivity index (χ1n) is 4.76. The lowest BCUT2D eigenvalue weighted by atomic mass is 10.1. The van der Waals surface area contributed by atoms with Crippen molar-refractivity contribution in [3.63, 3.8) is 0 Å². The van der Waals surface area contributed by atoms with E-state index in [0.29, 0.717) is 0 Å². The van der Waals surface area contributed by atoms with Crippen molar-refractivity contribution in [2.75, 3.05) is 0 Å². The Kier molecular flexibility index (Phi) is 2.82. The normalized spacial score (nSPS) is 10.8. The van der Waals surface area contributed by atoms with Crippen molar-refractivity contribution in [1.29, 1.82) is 0 Å². The maximum Gasteiger partial charge on any atom is 0.328 e. The Morgan fingerprint density at radius 1 is 1.31 bits per heavy atom. The second kappa shape index (κ2) is 4.44. The van der Waals surface area contributed by atoms with E-state index in [1.807, 2.05) is 24.3 Å². The van der Waals surface area contributed by atoms with E-state index < -0.39 is 5.97 Å². The molecule has 0 atom stereocenters. The fraction of sp³-hybridized carbons (Fsp3) is 0. The van der Waals surface area contributed by atoms with E-state index >= 15 is 0 Å². The Balaban J connectivity index is 2.20. The van der Waals surface area contributed by atoms with Crippen LogP contribution in [0.25, 0.3) is 17.5 Å². The molecule has 0 saturated heterocycles. The molecule has 0 aliphatic heterocycles. The molecular weight excluding hydrogens is 204 g/mol. The number of aromatic amines is 1. The molecule has 2 aromatic rings. The van der Waals surface area contributed by atoms with Crippen LogP contribution in [0.1, 0.15) is 5.56 Å². The highest BCUT2D eigenvalue weighted by Crippen LogP contribution is 2.15.